The molecule has 1 rings (SSSR count). The maximum absolute atomic E-state index is 10.2. The summed E-state index contributed by atoms with van der Waals surface area (Å²) in [5.74, 6) is -3.50. The van der Waals surface area contributed by atoms with Gasteiger partial charge in [-0.3, -0.25) is 14.1 Å². The molecule has 16 heavy (non-hydrogen) atoms. The minimum atomic E-state index is -4.84. The average Bonchev–Trinajstić information content (AvgIpc) is 2.82. The molecule has 0 spiro atoms. The molecule has 1 heterocycles. The van der Waals surface area contributed by atoms with E-state index >= 15 is 0 Å². The number of aliphatic carboxylic acids is 2. The Hall–Kier alpha value is -0.190. The second kappa shape index (κ2) is 7.98. The summed E-state index contributed by atoms with van der Waals surface area (Å²) >= 11 is 0. The molecular formula is C6H11NaO8S. The third kappa shape index (κ3) is 10.3. The van der Waals surface area contributed by atoms with Gasteiger partial charge in [-0.25, -0.2) is 0 Å². The molecular weight excluding hydrogens is 255 g/mol. The Balaban J connectivity index is -0.000000338. The first-order valence-corrected chi connectivity index (χ1v) is 5.24. The molecule has 1 unspecified atom stereocenters. The van der Waals surface area contributed by atoms with Gasteiger partial charge in [-0.1, -0.05) is 0 Å². The molecule has 1 aliphatic rings. The number of carbonyl (C=O) groups is 2. The number of carboxylic acid groups (broad SMARTS) is 2. The van der Waals surface area contributed by atoms with Gasteiger partial charge in [0.25, 0.3) is 10.1 Å². The molecule has 3 N–H and O–H groups in total. The number of epoxide rings is 1. The summed E-state index contributed by atoms with van der Waals surface area (Å²) < 4.78 is 33.2. The van der Waals surface area contributed by atoms with Crippen molar-refractivity contribution in [1.82, 2.24) is 0 Å². The first kappa shape index (κ1) is 18.2. The Bertz CT molecular complexity index is 337. The van der Waals surface area contributed by atoms with Crippen molar-refractivity contribution in [3.63, 3.8) is 0 Å². The molecule has 0 radical (unpaired) electrons. The molecule has 1 atom stereocenters. The van der Waals surface area contributed by atoms with Gasteiger partial charge < -0.3 is 16.4 Å². The number of ether oxygens (including phenoxy) is 1. The summed E-state index contributed by atoms with van der Waals surface area (Å²) in [6, 6.07) is 0. The van der Waals surface area contributed by atoms with Gasteiger partial charge in [0.05, 0.1) is 19.6 Å². The van der Waals surface area contributed by atoms with E-state index < -0.39 is 33.7 Å². The molecule has 8 nitrogen and oxygen atoms in total. The Morgan fingerprint density at radius 3 is 1.75 bits per heavy atom. The van der Waals surface area contributed by atoms with E-state index in [2.05, 4.69) is 4.74 Å². The number of rotatable bonds is 4. The maximum atomic E-state index is 10.2. The average molecular weight is 266 g/mol. The van der Waals surface area contributed by atoms with Crippen molar-refractivity contribution >= 4 is 22.1 Å². The Morgan fingerprint density at radius 1 is 1.31 bits per heavy atom. The Labute approximate surface area is 115 Å². The van der Waals surface area contributed by atoms with Gasteiger partial charge in [0.1, 0.15) is 0 Å². The molecule has 90 valence electrons. The van der Waals surface area contributed by atoms with E-state index in [9.17, 15) is 18.0 Å². The van der Waals surface area contributed by atoms with Crippen LogP contribution in [0.2, 0.25) is 0 Å². The molecule has 0 aliphatic carbocycles. The second-order valence-corrected chi connectivity index (χ2v) is 4.15. The molecule has 0 bridgehead atoms. The van der Waals surface area contributed by atoms with Crippen molar-refractivity contribution in [3.8, 4) is 0 Å². The van der Waals surface area contributed by atoms with E-state index in [4.69, 9.17) is 14.8 Å². The molecule has 1 aliphatic heterocycles. The molecule has 0 aromatic carbocycles. The minimum Gasteiger partial charge on any atom is -1.00 e. The van der Waals surface area contributed by atoms with Crippen LogP contribution in [0, 0.1) is 0 Å². The zero-order valence-corrected chi connectivity index (χ0v) is 11.3. The van der Waals surface area contributed by atoms with Crippen LogP contribution in [0.15, 0.2) is 0 Å². The predicted octanol–water partition coefficient (Wildman–Crippen LogP) is -4.06. The molecule has 10 heteroatoms. The van der Waals surface area contributed by atoms with E-state index in [0.717, 1.165) is 13.2 Å². The fraction of sp³-hybridized carbons (Fsp3) is 0.667. The van der Waals surface area contributed by atoms with Crippen LogP contribution in [0.3, 0.4) is 0 Å². The molecule has 0 aromatic heterocycles. The third-order valence-corrected chi connectivity index (χ3v) is 2.29. The summed E-state index contributed by atoms with van der Waals surface area (Å²) in [6.07, 6.45) is -1.16. The first-order chi connectivity index (χ1) is 6.75. The fourth-order valence-electron chi connectivity index (χ4n) is 0.479. The van der Waals surface area contributed by atoms with Crippen LogP contribution in [0.25, 0.3) is 0 Å². The number of hydrogen-bond donors (Lipinski definition) is 3. The van der Waals surface area contributed by atoms with Crippen LogP contribution in [-0.4, -0.2) is 53.6 Å². The predicted molar refractivity (Wildman–Crippen MR) is 47.2 cm³/mol. The Morgan fingerprint density at radius 2 is 1.69 bits per heavy atom. The normalized spacial score (nSPS) is 14.8. The van der Waals surface area contributed by atoms with Gasteiger partial charge in [-0.2, -0.15) is 8.42 Å². The first-order valence-electron chi connectivity index (χ1n) is 3.73. The number of hydrogen-bond acceptors (Lipinski definition) is 5. The van der Waals surface area contributed by atoms with Gasteiger partial charge in [0.15, 0.2) is 5.25 Å². The second-order valence-electron chi connectivity index (χ2n) is 2.55. The van der Waals surface area contributed by atoms with E-state index in [1.165, 1.54) is 0 Å². The van der Waals surface area contributed by atoms with E-state index in [-0.39, 0.29) is 31.0 Å². The monoisotopic (exact) mass is 266 g/mol. The van der Waals surface area contributed by atoms with Crippen molar-refractivity contribution in [2.24, 2.45) is 0 Å². The standard InChI is InChI=1S/C4H6O7S.C2H4O.Na.H/c5-3(6)1-2(4(7)8)12(9,10)11;1-2-3-1;;/h2H,1H2,(H,5,6)(H,7,8)(H,9,10,11);1-2H2;;/q;;+1;-1. The summed E-state index contributed by atoms with van der Waals surface area (Å²) in [4.78, 5) is 20.0. The van der Waals surface area contributed by atoms with E-state index in [0.29, 0.717) is 0 Å². The van der Waals surface area contributed by atoms with Crippen LogP contribution >= 0.6 is 0 Å². The smallest absolute Gasteiger partial charge is 1.00 e. The third-order valence-electron chi connectivity index (χ3n) is 1.20. The van der Waals surface area contributed by atoms with E-state index in [1.807, 2.05) is 0 Å². The fourth-order valence-corrected chi connectivity index (χ4v) is 1.09. The zero-order chi connectivity index (χ0) is 12.1. The number of carboxylic acids is 2. The van der Waals surface area contributed by atoms with Crippen LogP contribution < -0.4 is 29.6 Å². The summed E-state index contributed by atoms with van der Waals surface area (Å²) in [6.45, 7) is 2.00. The molecule has 1 fully saturated rings. The van der Waals surface area contributed by atoms with Crippen molar-refractivity contribution < 1.29 is 68.5 Å². The topological polar surface area (TPSA) is 142 Å². The van der Waals surface area contributed by atoms with Crippen LogP contribution in [0.5, 0.6) is 0 Å². The van der Waals surface area contributed by atoms with Crippen molar-refractivity contribution in [1.29, 1.82) is 0 Å². The van der Waals surface area contributed by atoms with Crippen molar-refractivity contribution in [2.75, 3.05) is 13.2 Å². The molecule has 1 saturated heterocycles. The molecule has 0 saturated carbocycles. The van der Waals surface area contributed by atoms with Crippen LogP contribution in [0.4, 0.5) is 0 Å². The Kier molecular flexibility index (Phi) is 9.07. The SMILES string of the molecule is C1CO1.O=C(O)CC(C(=O)O)S(=O)(=O)O.[H-].[Na+]. The van der Waals surface area contributed by atoms with Crippen molar-refractivity contribution in [3.05, 3.63) is 0 Å². The summed E-state index contributed by atoms with van der Waals surface area (Å²) in [5, 5.41) is 13.9. The summed E-state index contributed by atoms with van der Waals surface area (Å²) in [5.41, 5.74) is 0. The van der Waals surface area contributed by atoms with Gasteiger partial charge >= 0.3 is 41.5 Å². The minimum absolute atomic E-state index is 0. The van der Waals surface area contributed by atoms with Crippen LogP contribution in [0.1, 0.15) is 7.85 Å². The van der Waals surface area contributed by atoms with E-state index in [1.54, 1.807) is 0 Å². The zero-order valence-electron chi connectivity index (χ0n) is 9.49. The largest absolute Gasteiger partial charge is 1.00 e. The van der Waals surface area contributed by atoms with Crippen LogP contribution in [-0.2, 0) is 24.4 Å². The van der Waals surface area contributed by atoms with Gasteiger partial charge in [0.2, 0.25) is 0 Å². The maximum Gasteiger partial charge on any atom is 1.00 e. The van der Waals surface area contributed by atoms with Gasteiger partial charge in [-0.15, -0.1) is 0 Å². The van der Waals surface area contributed by atoms with Gasteiger partial charge in [0, 0.05) is 0 Å². The summed E-state index contributed by atoms with van der Waals surface area (Å²) in [7, 11) is -4.84. The van der Waals surface area contributed by atoms with Gasteiger partial charge in [-0.05, 0) is 0 Å². The molecule has 0 amide bonds. The molecule has 0 aromatic rings. The quantitative estimate of drug-likeness (QED) is 0.265. The van der Waals surface area contributed by atoms with Crippen molar-refractivity contribution in [2.45, 2.75) is 11.7 Å².